The molecule has 0 bridgehead atoms. The van der Waals surface area contributed by atoms with Gasteiger partial charge in [-0.2, -0.15) is 0 Å². The van der Waals surface area contributed by atoms with Crippen LogP contribution in [0.2, 0.25) is 0 Å². The summed E-state index contributed by atoms with van der Waals surface area (Å²) < 4.78 is 4.75. The highest BCUT2D eigenvalue weighted by molar-refractivity contribution is 8.59. The Kier molecular flexibility index (Phi) is 7.14. The van der Waals surface area contributed by atoms with E-state index in [1.807, 2.05) is 0 Å². The fraction of sp³-hybridized carbons (Fsp3) is 0.222. The van der Waals surface area contributed by atoms with E-state index in [0.29, 0.717) is 12.2 Å². The summed E-state index contributed by atoms with van der Waals surface area (Å²) in [7, 11) is 0. The average molecular weight is 232 g/mol. The second-order valence-electron chi connectivity index (χ2n) is 2.27. The molecule has 0 atom stereocenters. The molecule has 0 aliphatic carbocycles. The van der Waals surface area contributed by atoms with Crippen LogP contribution in [0.3, 0.4) is 0 Å². The number of carbonyl (C=O) groups is 1. The smallest absolute Gasteiger partial charge is 0.338 e. The van der Waals surface area contributed by atoms with Crippen LogP contribution in [0.15, 0.2) is 24.3 Å². The van der Waals surface area contributed by atoms with E-state index in [2.05, 4.69) is 23.3 Å². The van der Waals surface area contributed by atoms with E-state index >= 15 is 0 Å². The molecule has 3 nitrogen and oxygen atoms in total. The average Bonchev–Trinajstić information content (AvgIpc) is 2.22. The van der Waals surface area contributed by atoms with Crippen molar-refractivity contribution in [3.63, 3.8) is 0 Å². The molecule has 0 aliphatic heterocycles. The van der Waals surface area contributed by atoms with Crippen molar-refractivity contribution in [1.29, 1.82) is 0 Å². The zero-order chi connectivity index (χ0) is 11.0. The summed E-state index contributed by atoms with van der Waals surface area (Å²) >= 11 is 6.44. The van der Waals surface area contributed by atoms with E-state index in [1.165, 1.54) is 24.3 Å². The Bertz CT molecular complexity index is 272. The summed E-state index contributed by atoms with van der Waals surface area (Å²) in [6, 6.07) is 5.94. The van der Waals surface area contributed by atoms with Crippen LogP contribution in [0.4, 0.5) is 0 Å². The predicted molar refractivity (Wildman–Crippen MR) is 62.0 cm³/mol. The van der Waals surface area contributed by atoms with E-state index in [-0.39, 0.29) is 11.7 Å². The number of benzene rings is 1. The summed E-state index contributed by atoms with van der Waals surface area (Å²) in [5, 5.41) is 8.92. The van der Waals surface area contributed by atoms with Gasteiger partial charge in [-0.25, -0.2) is 4.79 Å². The molecular weight excluding hydrogens is 220 g/mol. The highest BCUT2D eigenvalue weighted by atomic mass is 33.1. The molecule has 14 heavy (non-hydrogen) atoms. The molecule has 0 aromatic heterocycles. The summed E-state index contributed by atoms with van der Waals surface area (Å²) in [6.07, 6.45) is 0. The van der Waals surface area contributed by atoms with Crippen LogP contribution < -0.4 is 0 Å². The second kappa shape index (κ2) is 7.58. The number of hydrogen-bond acceptors (Lipinski definition) is 5. The standard InChI is InChI=1S/C9H10O3.H2S2/c1-2-12-9(11)7-3-5-8(10)6-4-7;1-2/h3-6,10H,2H2,1H3;1-2H. The maximum absolute atomic E-state index is 11.1. The fourth-order valence-electron chi connectivity index (χ4n) is 0.812. The monoisotopic (exact) mass is 232 g/mol. The van der Waals surface area contributed by atoms with Gasteiger partial charge in [-0.3, -0.25) is 0 Å². The summed E-state index contributed by atoms with van der Waals surface area (Å²) in [5.41, 5.74) is 0.453. The largest absolute Gasteiger partial charge is 0.508 e. The van der Waals surface area contributed by atoms with Crippen LogP contribution in [-0.2, 0) is 4.74 Å². The number of esters is 1. The third-order valence-corrected chi connectivity index (χ3v) is 1.38. The fourth-order valence-corrected chi connectivity index (χ4v) is 0.812. The molecule has 78 valence electrons. The lowest BCUT2D eigenvalue weighted by Gasteiger charge is -2.00. The molecule has 0 saturated carbocycles. The highest BCUT2D eigenvalue weighted by Crippen LogP contribution is 2.10. The Morgan fingerprint density at radius 2 is 1.86 bits per heavy atom. The van der Waals surface area contributed by atoms with Gasteiger partial charge < -0.3 is 9.84 Å². The van der Waals surface area contributed by atoms with Crippen LogP contribution in [0.1, 0.15) is 17.3 Å². The Morgan fingerprint density at radius 3 is 2.29 bits per heavy atom. The van der Waals surface area contributed by atoms with Gasteiger partial charge in [0.1, 0.15) is 5.75 Å². The molecular formula is C9H12O3S2. The number of carbonyl (C=O) groups excluding carboxylic acids is 1. The second-order valence-corrected chi connectivity index (χ2v) is 2.27. The Morgan fingerprint density at radius 1 is 1.36 bits per heavy atom. The van der Waals surface area contributed by atoms with Crippen molar-refractivity contribution in [1.82, 2.24) is 0 Å². The minimum absolute atomic E-state index is 0.142. The zero-order valence-corrected chi connectivity index (χ0v) is 9.46. The predicted octanol–water partition coefficient (Wildman–Crippen LogP) is 2.33. The van der Waals surface area contributed by atoms with Crippen molar-refractivity contribution < 1.29 is 14.6 Å². The number of phenolic OH excluding ortho intramolecular Hbond substituents is 1. The molecule has 0 fully saturated rings. The van der Waals surface area contributed by atoms with Gasteiger partial charge in [0.15, 0.2) is 0 Å². The minimum Gasteiger partial charge on any atom is -0.508 e. The van der Waals surface area contributed by atoms with Gasteiger partial charge in [0.25, 0.3) is 0 Å². The molecule has 5 heteroatoms. The van der Waals surface area contributed by atoms with Gasteiger partial charge in [-0.15, -0.1) is 23.3 Å². The molecule has 1 rings (SSSR count). The van der Waals surface area contributed by atoms with Gasteiger partial charge in [0.2, 0.25) is 0 Å². The van der Waals surface area contributed by atoms with Crippen LogP contribution in [0, 0.1) is 0 Å². The summed E-state index contributed by atoms with van der Waals surface area (Å²) in [4.78, 5) is 11.1. The van der Waals surface area contributed by atoms with Crippen molar-refractivity contribution >= 4 is 29.3 Å². The topological polar surface area (TPSA) is 46.5 Å². The molecule has 1 aromatic carbocycles. The van der Waals surface area contributed by atoms with E-state index in [0.717, 1.165) is 0 Å². The van der Waals surface area contributed by atoms with E-state index in [9.17, 15) is 4.79 Å². The van der Waals surface area contributed by atoms with Crippen LogP contribution in [0.5, 0.6) is 5.75 Å². The molecule has 0 heterocycles. The molecule has 0 spiro atoms. The van der Waals surface area contributed by atoms with E-state index in [1.54, 1.807) is 6.92 Å². The van der Waals surface area contributed by atoms with Crippen LogP contribution in [-0.4, -0.2) is 17.7 Å². The van der Waals surface area contributed by atoms with E-state index < -0.39 is 0 Å². The lowest BCUT2D eigenvalue weighted by molar-refractivity contribution is 0.0526. The first-order chi connectivity index (χ1) is 6.74. The zero-order valence-electron chi connectivity index (χ0n) is 7.67. The van der Waals surface area contributed by atoms with Gasteiger partial charge in [-0.05, 0) is 31.2 Å². The third-order valence-electron chi connectivity index (χ3n) is 1.38. The first kappa shape index (κ1) is 13.2. The lowest BCUT2D eigenvalue weighted by Crippen LogP contribution is -2.03. The van der Waals surface area contributed by atoms with Crippen molar-refractivity contribution in [2.24, 2.45) is 0 Å². The highest BCUT2D eigenvalue weighted by Gasteiger charge is 2.04. The van der Waals surface area contributed by atoms with Crippen molar-refractivity contribution in [2.75, 3.05) is 6.61 Å². The van der Waals surface area contributed by atoms with Gasteiger partial charge >= 0.3 is 5.97 Å². The molecule has 0 radical (unpaired) electrons. The number of hydrogen-bond donors (Lipinski definition) is 3. The van der Waals surface area contributed by atoms with Crippen molar-refractivity contribution in [3.05, 3.63) is 29.8 Å². The molecule has 0 unspecified atom stereocenters. The van der Waals surface area contributed by atoms with Gasteiger partial charge in [0, 0.05) is 0 Å². The molecule has 1 aromatic rings. The summed E-state index contributed by atoms with van der Waals surface area (Å²) in [5.74, 6) is -0.222. The van der Waals surface area contributed by atoms with Crippen LogP contribution >= 0.6 is 23.3 Å². The molecule has 0 amide bonds. The van der Waals surface area contributed by atoms with Crippen LogP contribution in [0.25, 0.3) is 0 Å². The first-order valence-corrected chi connectivity index (χ1v) is 5.50. The quantitative estimate of drug-likeness (QED) is 0.416. The summed E-state index contributed by atoms with van der Waals surface area (Å²) in [6.45, 7) is 2.11. The number of phenols is 1. The van der Waals surface area contributed by atoms with Crippen molar-refractivity contribution in [3.8, 4) is 5.75 Å². The van der Waals surface area contributed by atoms with Crippen molar-refractivity contribution in [2.45, 2.75) is 6.92 Å². The maximum Gasteiger partial charge on any atom is 0.338 e. The molecule has 0 aliphatic rings. The number of rotatable bonds is 2. The Labute approximate surface area is 93.3 Å². The molecule has 1 N–H and O–H groups in total. The number of thiol groups is 2. The molecule has 0 saturated heterocycles. The minimum atomic E-state index is -0.363. The van der Waals surface area contributed by atoms with E-state index in [4.69, 9.17) is 9.84 Å². The normalized spacial score (nSPS) is 8.50. The lowest BCUT2D eigenvalue weighted by atomic mass is 10.2. The Balaban J connectivity index is 0.000000791. The Hall–Kier alpha value is -0.810. The number of aromatic hydroxyl groups is 1. The number of ether oxygens (including phenoxy) is 1. The first-order valence-electron chi connectivity index (χ1n) is 3.90. The van der Waals surface area contributed by atoms with Gasteiger partial charge in [0.05, 0.1) is 12.2 Å². The van der Waals surface area contributed by atoms with Gasteiger partial charge in [-0.1, -0.05) is 0 Å². The SMILES string of the molecule is CCOC(=O)c1ccc(O)cc1.SS. The third kappa shape index (κ3) is 4.43. The maximum atomic E-state index is 11.1.